The normalized spacial score (nSPS) is 9.57. The summed E-state index contributed by atoms with van der Waals surface area (Å²) < 4.78 is 0. The predicted octanol–water partition coefficient (Wildman–Crippen LogP) is 1.09. The van der Waals surface area contributed by atoms with E-state index in [-0.39, 0.29) is 29.5 Å². The van der Waals surface area contributed by atoms with Crippen molar-refractivity contribution in [2.75, 3.05) is 11.9 Å². The van der Waals surface area contributed by atoms with E-state index in [1.54, 1.807) is 18.2 Å². The van der Waals surface area contributed by atoms with Crippen LogP contribution < -0.4 is 5.32 Å². The van der Waals surface area contributed by atoms with Gasteiger partial charge in [0.15, 0.2) is 11.5 Å². The number of aliphatic hydroxyl groups excluding tert-OH is 1. The van der Waals surface area contributed by atoms with Gasteiger partial charge in [-0.05, 0) is 36.3 Å². The topological polar surface area (TPSA) is 103 Å². The van der Waals surface area contributed by atoms with Crippen LogP contribution in [0.15, 0.2) is 36.4 Å². The molecular weight excluding hydrogens is 272 g/mol. The van der Waals surface area contributed by atoms with Gasteiger partial charge in [-0.15, -0.1) is 0 Å². The molecule has 0 spiro atoms. The molecule has 0 aliphatic heterocycles. The molecule has 1 aromatic heterocycles. The molecule has 1 aromatic carbocycles. The van der Waals surface area contributed by atoms with Crippen molar-refractivity contribution in [3.05, 3.63) is 47.7 Å². The molecule has 0 saturated carbocycles. The fourth-order valence-corrected chi connectivity index (χ4v) is 1.56. The van der Waals surface area contributed by atoms with Crippen molar-refractivity contribution in [1.29, 1.82) is 0 Å². The highest BCUT2D eigenvalue weighted by atomic mass is 16.3. The Morgan fingerprint density at radius 3 is 2.71 bits per heavy atom. The summed E-state index contributed by atoms with van der Waals surface area (Å²) in [6, 6.07) is 8.64. The van der Waals surface area contributed by atoms with Crippen LogP contribution in [0.3, 0.4) is 0 Å². The first-order valence-corrected chi connectivity index (χ1v) is 6.00. The highest BCUT2D eigenvalue weighted by Gasteiger charge is 2.09. The third-order valence-electron chi connectivity index (χ3n) is 2.52. The third-order valence-corrected chi connectivity index (χ3v) is 2.52. The number of hydrogen-bond acceptors (Lipinski definition) is 5. The van der Waals surface area contributed by atoms with Crippen LogP contribution in [0.4, 0.5) is 5.82 Å². The predicted molar refractivity (Wildman–Crippen MR) is 75.9 cm³/mol. The van der Waals surface area contributed by atoms with Crippen molar-refractivity contribution < 1.29 is 20.1 Å². The summed E-state index contributed by atoms with van der Waals surface area (Å²) in [7, 11) is 0. The molecule has 6 nitrogen and oxygen atoms in total. The van der Waals surface area contributed by atoms with Crippen molar-refractivity contribution in [3.63, 3.8) is 0 Å². The minimum Gasteiger partial charge on any atom is -0.504 e. The van der Waals surface area contributed by atoms with Crippen LogP contribution >= 0.6 is 0 Å². The number of rotatable bonds is 2. The number of amides is 1. The molecule has 0 aliphatic rings. The van der Waals surface area contributed by atoms with Gasteiger partial charge in [-0.1, -0.05) is 12.0 Å². The number of aromatic hydroxyl groups is 2. The Hall–Kier alpha value is -3.04. The molecule has 2 rings (SSSR count). The summed E-state index contributed by atoms with van der Waals surface area (Å²) >= 11 is 0. The van der Waals surface area contributed by atoms with E-state index < -0.39 is 5.91 Å². The molecule has 0 saturated heterocycles. The van der Waals surface area contributed by atoms with E-state index in [4.69, 9.17) is 5.11 Å². The van der Waals surface area contributed by atoms with Gasteiger partial charge in [0, 0.05) is 5.56 Å². The molecule has 0 atom stereocenters. The minimum absolute atomic E-state index is 0.180. The second-order valence-electron chi connectivity index (χ2n) is 4.03. The van der Waals surface area contributed by atoms with E-state index in [9.17, 15) is 15.0 Å². The zero-order valence-electron chi connectivity index (χ0n) is 10.9. The Labute approximate surface area is 120 Å². The second kappa shape index (κ2) is 6.41. The first kappa shape index (κ1) is 14.4. The van der Waals surface area contributed by atoms with Gasteiger partial charge in [0.1, 0.15) is 18.1 Å². The summed E-state index contributed by atoms with van der Waals surface area (Å²) in [5.41, 5.74) is 0.592. The molecule has 106 valence electrons. The first-order chi connectivity index (χ1) is 10.1. The van der Waals surface area contributed by atoms with Crippen LogP contribution in [0.25, 0.3) is 0 Å². The Bertz CT molecular complexity index is 732. The van der Waals surface area contributed by atoms with E-state index in [1.165, 1.54) is 12.1 Å². The number of carbonyl (C=O) groups excluding carboxylic acids is 1. The molecule has 4 N–H and O–H groups in total. The fourth-order valence-electron chi connectivity index (χ4n) is 1.56. The van der Waals surface area contributed by atoms with E-state index in [0.717, 1.165) is 6.07 Å². The van der Waals surface area contributed by atoms with Crippen LogP contribution in [0.5, 0.6) is 11.5 Å². The van der Waals surface area contributed by atoms with Crippen LogP contribution in [0.1, 0.15) is 16.1 Å². The van der Waals surface area contributed by atoms with Gasteiger partial charge < -0.3 is 20.6 Å². The number of hydrogen-bond donors (Lipinski definition) is 4. The number of carbonyl (C=O) groups is 1. The lowest BCUT2D eigenvalue weighted by atomic mass is 10.2. The number of anilines is 1. The smallest absolute Gasteiger partial charge is 0.256 e. The molecule has 2 aromatic rings. The molecule has 0 radical (unpaired) electrons. The summed E-state index contributed by atoms with van der Waals surface area (Å²) in [4.78, 5) is 16.1. The summed E-state index contributed by atoms with van der Waals surface area (Å²) in [5, 5.41) is 29.7. The lowest BCUT2D eigenvalue weighted by Gasteiger charge is -2.05. The number of benzene rings is 1. The maximum atomic E-state index is 12.0. The van der Waals surface area contributed by atoms with E-state index >= 15 is 0 Å². The molecule has 21 heavy (non-hydrogen) atoms. The first-order valence-electron chi connectivity index (χ1n) is 6.00. The molecule has 1 amide bonds. The highest BCUT2D eigenvalue weighted by Crippen LogP contribution is 2.25. The zero-order valence-corrected chi connectivity index (χ0v) is 10.9. The fraction of sp³-hybridized carbons (Fsp3) is 0.0667. The van der Waals surface area contributed by atoms with Gasteiger partial charge in [0.2, 0.25) is 0 Å². The Kier molecular flexibility index (Phi) is 4.39. The van der Waals surface area contributed by atoms with Crippen LogP contribution in [-0.4, -0.2) is 32.8 Å². The summed E-state index contributed by atoms with van der Waals surface area (Å²) in [6.07, 6.45) is 0. The summed E-state index contributed by atoms with van der Waals surface area (Å²) in [6.45, 7) is -0.273. The van der Waals surface area contributed by atoms with Crippen LogP contribution in [-0.2, 0) is 0 Å². The van der Waals surface area contributed by atoms with E-state index in [2.05, 4.69) is 22.1 Å². The van der Waals surface area contributed by atoms with Crippen molar-refractivity contribution in [2.45, 2.75) is 0 Å². The van der Waals surface area contributed by atoms with Gasteiger partial charge in [-0.3, -0.25) is 4.79 Å². The maximum absolute atomic E-state index is 12.0. The number of aliphatic hydroxyl groups is 1. The van der Waals surface area contributed by atoms with Gasteiger partial charge >= 0.3 is 0 Å². The van der Waals surface area contributed by atoms with Gasteiger partial charge in [-0.2, -0.15) is 0 Å². The average molecular weight is 284 g/mol. The zero-order chi connectivity index (χ0) is 15.2. The van der Waals surface area contributed by atoms with Crippen molar-refractivity contribution in [2.24, 2.45) is 0 Å². The number of phenolic OH excluding ortho intramolecular Hbond substituents is 2. The molecule has 0 bridgehead atoms. The quantitative estimate of drug-likeness (QED) is 0.488. The lowest BCUT2D eigenvalue weighted by molar-refractivity contribution is 0.102. The molecular formula is C15H12N2O4. The molecule has 1 heterocycles. The van der Waals surface area contributed by atoms with Crippen LogP contribution in [0.2, 0.25) is 0 Å². The monoisotopic (exact) mass is 284 g/mol. The minimum atomic E-state index is -0.481. The number of nitrogens with zero attached hydrogens (tertiary/aromatic N) is 1. The number of aromatic nitrogens is 1. The van der Waals surface area contributed by atoms with Crippen LogP contribution in [0, 0.1) is 11.8 Å². The van der Waals surface area contributed by atoms with Crippen molar-refractivity contribution in [3.8, 4) is 23.3 Å². The Balaban J connectivity index is 2.17. The van der Waals surface area contributed by atoms with Gasteiger partial charge in [0.05, 0.1) is 0 Å². The Morgan fingerprint density at radius 1 is 1.19 bits per heavy atom. The van der Waals surface area contributed by atoms with Gasteiger partial charge in [-0.25, -0.2) is 4.98 Å². The van der Waals surface area contributed by atoms with Crippen molar-refractivity contribution in [1.82, 2.24) is 4.98 Å². The number of pyridine rings is 1. The second-order valence-corrected chi connectivity index (χ2v) is 4.03. The maximum Gasteiger partial charge on any atom is 0.256 e. The molecule has 0 fully saturated rings. The third kappa shape index (κ3) is 3.72. The van der Waals surface area contributed by atoms with Crippen molar-refractivity contribution >= 4 is 11.7 Å². The SMILES string of the molecule is O=C(Nc1cccc(C#CCO)n1)c1ccc(O)c(O)c1. The van der Waals surface area contributed by atoms with E-state index in [1.807, 2.05) is 0 Å². The highest BCUT2D eigenvalue weighted by molar-refractivity contribution is 6.04. The number of phenols is 2. The Morgan fingerprint density at radius 2 is 2.00 bits per heavy atom. The van der Waals surface area contributed by atoms with E-state index in [0.29, 0.717) is 5.69 Å². The number of nitrogens with one attached hydrogen (secondary N) is 1. The lowest BCUT2D eigenvalue weighted by Crippen LogP contribution is -2.13. The molecule has 0 aliphatic carbocycles. The largest absolute Gasteiger partial charge is 0.504 e. The standard InChI is InChI=1S/C15H12N2O4/c18-8-2-4-11-3-1-5-14(16-11)17-15(21)10-6-7-12(19)13(20)9-10/h1,3,5-7,9,18-20H,8H2,(H,16,17,21). The average Bonchev–Trinajstić information content (AvgIpc) is 2.48. The summed E-state index contributed by atoms with van der Waals surface area (Å²) in [5.74, 6) is 4.22. The molecule has 6 heteroatoms. The van der Waals surface area contributed by atoms with Gasteiger partial charge in [0.25, 0.3) is 5.91 Å². The molecule has 0 unspecified atom stereocenters.